The van der Waals surface area contributed by atoms with Crippen LogP contribution in [0, 0.1) is 0 Å². The monoisotopic (exact) mass is 286 g/mol. The zero-order chi connectivity index (χ0) is 15.1. The van der Waals surface area contributed by atoms with Crippen LogP contribution in [0.15, 0.2) is 47.8 Å². The Kier molecular flexibility index (Phi) is 5.15. The number of benzene rings is 1. The van der Waals surface area contributed by atoms with E-state index in [1.807, 2.05) is 43.3 Å². The number of methoxy groups -OCH3 is 1. The third-order valence-corrected chi connectivity index (χ3v) is 3.08. The lowest BCUT2D eigenvalue weighted by Crippen LogP contribution is -2.05. The van der Waals surface area contributed by atoms with Crippen LogP contribution in [0.3, 0.4) is 0 Å². The number of rotatable bonds is 6. The Labute approximate surface area is 123 Å². The molecule has 0 unspecified atom stereocenters. The highest BCUT2D eigenvalue weighted by atomic mass is 16.5. The summed E-state index contributed by atoms with van der Waals surface area (Å²) >= 11 is 0. The Hall–Kier alpha value is -2.56. The number of nitrogens with zero attached hydrogens (tertiary/aromatic N) is 2. The van der Waals surface area contributed by atoms with Gasteiger partial charge in [-0.25, -0.2) is 4.98 Å². The average molecular weight is 286 g/mol. The molecule has 0 saturated carbocycles. The van der Waals surface area contributed by atoms with Crippen LogP contribution >= 0.6 is 0 Å². The van der Waals surface area contributed by atoms with Crippen molar-refractivity contribution in [2.75, 3.05) is 7.11 Å². The quantitative estimate of drug-likeness (QED) is 0.503. The van der Waals surface area contributed by atoms with E-state index >= 15 is 0 Å². The maximum Gasteiger partial charge on any atom is 0.219 e. The lowest BCUT2D eigenvalue weighted by atomic mass is 10.1. The van der Waals surface area contributed by atoms with Gasteiger partial charge in [-0.3, -0.25) is 0 Å². The summed E-state index contributed by atoms with van der Waals surface area (Å²) in [5.41, 5.74) is 2.22. The standard InChI is InChI=1S/C16H18N2O3/c1-3-14(18-19)13-8-4-5-9-15(13)21-11-12-7-6-10-17-16(12)20-2/h4-10,19H,3,11H2,1-2H3/b18-14-. The Morgan fingerprint density at radius 3 is 2.76 bits per heavy atom. The first-order chi connectivity index (χ1) is 10.3. The van der Waals surface area contributed by atoms with Crippen molar-refractivity contribution in [3.05, 3.63) is 53.7 Å². The minimum Gasteiger partial charge on any atom is -0.488 e. The lowest BCUT2D eigenvalue weighted by molar-refractivity contribution is 0.292. The molecular formula is C16H18N2O3. The number of aromatic nitrogens is 1. The van der Waals surface area contributed by atoms with E-state index < -0.39 is 0 Å². The summed E-state index contributed by atoms with van der Waals surface area (Å²) in [5.74, 6) is 1.21. The zero-order valence-corrected chi connectivity index (χ0v) is 12.1. The summed E-state index contributed by atoms with van der Waals surface area (Å²) < 4.78 is 11.0. The van der Waals surface area contributed by atoms with Crippen molar-refractivity contribution in [2.45, 2.75) is 20.0 Å². The predicted molar refractivity (Wildman–Crippen MR) is 80.2 cm³/mol. The van der Waals surface area contributed by atoms with E-state index in [9.17, 15) is 0 Å². The topological polar surface area (TPSA) is 63.9 Å². The third kappa shape index (κ3) is 3.51. The number of ether oxygens (including phenoxy) is 2. The van der Waals surface area contributed by atoms with Crippen LogP contribution in [0.25, 0.3) is 0 Å². The average Bonchev–Trinajstić information content (AvgIpc) is 2.55. The van der Waals surface area contributed by atoms with Gasteiger partial charge in [0.05, 0.1) is 18.4 Å². The lowest BCUT2D eigenvalue weighted by Gasteiger charge is -2.12. The van der Waals surface area contributed by atoms with E-state index in [4.69, 9.17) is 14.7 Å². The normalized spacial score (nSPS) is 11.2. The smallest absolute Gasteiger partial charge is 0.219 e. The molecule has 1 heterocycles. The molecule has 0 amide bonds. The van der Waals surface area contributed by atoms with E-state index in [1.54, 1.807) is 13.3 Å². The maximum absolute atomic E-state index is 9.07. The molecule has 0 saturated heterocycles. The highest BCUT2D eigenvalue weighted by molar-refractivity contribution is 6.02. The van der Waals surface area contributed by atoms with Crippen molar-refractivity contribution >= 4 is 5.71 Å². The summed E-state index contributed by atoms with van der Waals surface area (Å²) in [7, 11) is 1.58. The fraction of sp³-hybridized carbons (Fsp3) is 0.250. The van der Waals surface area contributed by atoms with Crippen LogP contribution in [0.5, 0.6) is 11.6 Å². The van der Waals surface area contributed by atoms with Gasteiger partial charge < -0.3 is 14.7 Å². The zero-order valence-electron chi connectivity index (χ0n) is 12.1. The fourth-order valence-electron chi connectivity index (χ4n) is 2.02. The Bertz CT molecular complexity index is 626. The fourth-order valence-corrected chi connectivity index (χ4v) is 2.02. The summed E-state index contributed by atoms with van der Waals surface area (Å²) in [4.78, 5) is 4.13. The molecule has 0 aliphatic carbocycles. The van der Waals surface area contributed by atoms with Crippen LogP contribution < -0.4 is 9.47 Å². The van der Waals surface area contributed by atoms with Gasteiger partial charge in [0.15, 0.2) is 0 Å². The molecule has 1 aromatic heterocycles. The summed E-state index contributed by atoms with van der Waals surface area (Å²) in [6.45, 7) is 2.26. The minimum absolute atomic E-state index is 0.330. The highest BCUT2D eigenvalue weighted by Gasteiger charge is 2.10. The number of para-hydroxylation sites is 1. The summed E-state index contributed by atoms with van der Waals surface area (Å²) in [6.07, 6.45) is 2.29. The second-order valence-electron chi connectivity index (χ2n) is 4.36. The van der Waals surface area contributed by atoms with Crippen molar-refractivity contribution in [3.63, 3.8) is 0 Å². The van der Waals surface area contributed by atoms with Crippen molar-refractivity contribution in [2.24, 2.45) is 5.16 Å². The number of hydrogen-bond acceptors (Lipinski definition) is 5. The van der Waals surface area contributed by atoms with Gasteiger partial charge in [-0.1, -0.05) is 24.2 Å². The Morgan fingerprint density at radius 1 is 1.24 bits per heavy atom. The van der Waals surface area contributed by atoms with Gasteiger partial charge >= 0.3 is 0 Å². The molecule has 2 aromatic rings. The van der Waals surface area contributed by atoms with Crippen LogP contribution in [0.2, 0.25) is 0 Å². The van der Waals surface area contributed by atoms with Gasteiger partial charge in [-0.05, 0) is 30.7 Å². The van der Waals surface area contributed by atoms with Gasteiger partial charge in [-0.2, -0.15) is 0 Å². The second-order valence-corrected chi connectivity index (χ2v) is 4.36. The van der Waals surface area contributed by atoms with Crippen LogP contribution in [-0.4, -0.2) is 23.0 Å². The minimum atomic E-state index is 0.330. The SMILES string of the molecule is CC/C(=N/O)c1ccccc1OCc1cccnc1OC. The largest absolute Gasteiger partial charge is 0.488 e. The molecule has 1 aromatic carbocycles. The molecule has 0 bridgehead atoms. The molecule has 110 valence electrons. The molecule has 5 nitrogen and oxygen atoms in total. The first-order valence-electron chi connectivity index (χ1n) is 6.71. The van der Waals surface area contributed by atoms with Crippen molar-refractivity contribution in [1.29, 1.82) is 0 Å². The van der Waals surface area contributed by atoms with Gasteiger partial charge in [-0.15, -0.1) is 0 Å². The molecule has 0 aliphatic heterocycles. The van der Waals surface area contributed by atoms with Gasteiger partial charge in [0.25, 0.3) is 0 Å². The van der Waals surface area contributed by atoms with Crippen molar-refractivity contribution in [1.82, 2.24) is 4.98 Å². The summed E-state index contributed by atoms with van der Waals surface area (Å²) in [5, 5.41) is 12.4. The van der Waals surface area contributed by atoms with Crippen molar-refractivity contribution < 1.29 is 14.7 Å². The van der Waals surface area contributed by atoms with Crippen molar-refractivity contribution in [3.8, 4) is 11.6 Å². The second kappa shape index (κ2) is 7.28. The first-order valence-corrected chi connectivity index (χ1v) is 6.71. The molecule has 1 N–H and O–H groups in total. The molecule has 0 spiro atoms. The Morgan fingerprint density at radius 2 is 2.05 bits per heavy atom. The molecule has 0 aliphatic rings. The molecule has 0 atom stereocenters. The number of hydrogen-bond donors (Lipinski definition) is 1. The van der Waals surface area contributed by atoms with E-state index in [0.29, 0.717) is 30.4 Å². The Balaban J connectivity index is 2.21. The van der Waals surface area contributed by atoms with E-state index in [2.05, 4.69) is 10.1 Å². The number of oxime groups is 1. The molecule has 0 radical (unpaired) electrons. The predicted octanol–water partition coefficient (Wildman–Crippen LogP) is 3.26. The molecule has 5 heteroatoms. The van der Waals surface area contributed by atoms with E-state index in [0.717, 1.165) is 11.1 Å². The maximum atomic E-state index is 9.07. The first kappa shape index (κ1) is 14.8. The van der Waals surface area contributed by atoms with Gasteiger partial charge in [0.2, 0.25) is 5.88 Å². The van der Waals surface area contributed by atoms with Crippen LogP contribution in [-0.2, 0) is 6.61 Å². The van der Waals surface area contributed by atoms with E-state index in [-0.39, 0.29) is 0 Å². The van der Waals surface area contributed by atoms with Crippen LogP contribution in [0.4, 0.5) is 0 Å². The highest BCUT2D eigenvalue weighted by Crippen LogP contribution is 2.23. The molecule has 21 heavy (non-hydrogen) atoms. The third-order valence-electron chi connectivity index (χ3n) is 3.08. The van der Waals surface area contributed by atoms with E-state index in [1.165, 1.54) is 0 Å². The van der Waals surface area contributed by atoms with Gasteiger partial charge in [0.1, 0.15) is 12.4 Å². The molecule has 0 fully saturated rings. The van der Waals surface area contributed by atoms with Crippen LogP contribution in [0.1, 0.15) is 24.5 Å². The molecule has 2 rings (SSSR count). The summed E-state index contributed by atoms with van der Waals surface area (Å²) in [6, 6.07) is 11.2. The number of pyridine rings is 1. The van der Waals surface area contributed by atoms with Gasteiger partial charge in [0, 0.05) is 11.8 Å². The molecular weight excluding hydrogens is 268 g/mol.